The van der Waals surface area contributed by atoms with E-state index in [0.29, 0.717) is 12.0 Å². The van der Waals surface area contributed by atoms with Gasteiger partial charge in [0.1, 0.15) is 0 Å². The first-order valence-corrected chi connectivity index (χ1v) is 6.60. The van der Waals surface area contributed by atoms with Gasteiger partial charge in [-0.25, -0.2) is 0 Å². The van der Waals surface area contributed by atoms with E-state index >= 15 is 0 Å². The quantitative estimate of drug-likeness (QED) is 0.817. The number of nitrogens with one attached hydrogen (secondary N) is 1. The summed E-state index contributed by atoms with van der Waals surface area (Å²) in [5.74, 6) is 0. The van der Waals surface area contributed by atoms with Gasteiger partial charge in [-0.3, -0.25) is 0 Å². The van der Waals surface area contributed by atoms with Crippen molar-refractivity contribution in [3.05, 3.63) is 34.3 Å². The monoisotopic (exact) mass is 253 g/mol. The van der Waals surface area contributed by atoms with E-state index < -0.39 is 0 Å². The van der Waals surface area contributed by atoms with Crippen LogP contribution in [0.5, 0.6) is 0 Å². The molecule has 0 radical (unpaired) electrons. The van der Waals surface area contributed by atoms with Gasteiger partial charge in [0.05, 0.1) is 0 Å². The highest BCUT2D eigenvalue weighted by Crippen LogP contribution is 2.47. The lowest BCUT2D eigenvalue weighted by atomic mass is 10.0. The zero-order chi connectivity index (χ0) is 12.3. The second-order valence-electron chi connectivity index (χ2n) is 5.17. The second kappa shape index (κ2) is 5.38. The lowest BCUT2D eigenvalue weighted by molar-refractivity contribution is 0.245. The summed E-state index contributed by atoms with van der Waals surface area (Å²) in [7, 11) is 0. The molecule has 1 aromatic rings. The lowest BCUT2D eigenvalue weighted by Gasteiger charge is -2.15. The minimum absolute atomic E-state index is 0.299. The fourth-order valence-corrected chi connectivity index (χ4v) is 2.49. The van der Waals surface area contributed by atoms with Gasteiger partial charge in [0.15, 0.2) is 0 Å². The molecule has 0 spiro atoms. The Morgan fingerprint density at radius 1 is 1.41 bits per heavy atom. The van der Waals surface area contributed by atoms with Crippen LogP contribution >= 0.6 is 11.6 Å². The zero-order valence-corrected chi connectivity index (χ0v) is 11.1. The third kappa shape index (κ3) is 3.44. The topological polar surface area (TPSA) is 32.3 Å². The van der Waals surface area contributed by atoms with Gasteiger partial charge in [-0.2, -0.15) is 0 Å². The molecule has 1 aromatic carbocycles. The first-order valence-electron chi connectivity index (χ1n) is 6.22. The average molecular weight is 254 g/mol. The molecule has 0 unspecified atom stereocenters. The molecule has 0 atom stereocenters. The van der Waals surface area contributed by atoms with Gasteiger partial charge < -0.3 is 10.4 Å². The third-order valence-corrected chi connectivity index (χ3v) is 3.98. The molecule has 17 heavy (non-hydrogen) atoms. The molecule has 1 aliphatic carbocycles. The minimum Gasteiger partial charge on any atom is -0.396 e. The maximum absolute atomic E-state index is 8.98. The first kappa shape index (κ1) is 12.9. The second-order valence-corrected chi connectivity index (χ2v) is 5.58. The highest BCUT2D eigenvalue weighted by Gasteiger charge is 2.41. The lowest BCUT2D eigenvalue weighted by Crippen LogP contribution is -2.24. The summed E-state index contributed by atoms with van der Waals surface area (Å²) in [6.07, 6.45) is 3.39. The molecule has 2 N–H and O–H groups in total. The number of hydrogen-bond donors (Lipinski definition) is 2. The molecule has 0 aliphatic heterocycles. The van der Waals surface area contributed by atoms with Crippen molar-refractivity contribution in [2.24, 2.45) is 5.41 Å². The van der Waals surface area contributed by atoms with Crippen molar-refractivity contribution in [2.45, 2.75) is 32.7 Å². The van der Waals surface area contributed by atoms with Gasteiger partial charge in [0.25, 0.3) is 0 Å². The molecule has 0 bridgehead atoms. The summed E-state index contributed by atoms with van der Waals surface area (Å²) in [6.45, 7) is 4.14. The van der Waals surface area contributed by atoms with Gasteiger partial charge in [-0.15, -0.1) is 0 Å². The molecule has 1 saturated carbocycles. The van der Waals surface area contributed by atoms with Crippen molar-refractivity contribution in [3.63, 3.8) is 0 Å². The van der Waals surface area contributed by atoms with Crippen LogP contribution in [0.25, 0.3) is 0 Å². The molecule has 0 amide bonds. The van der Waals surface area contributed by atoms with E-state index in [4.69, 9.17) is 16.7 Å². The fraction of sp³-hybridized carbons (Fsp3) is 0.571. The van der Waals surface area contributed by atoms with Crippen LogP contribution in [0.15, 0.2) is 18.2 Å². The average Bonchev–Trinajstić information content (AvgIpc) is 3.02. The van der Waals surface area contributed by atoms with Crippen molar-refractivity contribution in [1.82, 2.24) is 5.32 Å². The third-order valence-electron chi connectivity index (χ3n) is 3.62. The summed E-state index contributed by atoms with van der Waals surface area (Å²) in [5.41, 5.74) is 2.71. The van der Waals surface area contributed by atoms with Gasteiger partial charge in [0.2, 0.25) is 0 Å². The van der Waals surface area contributed by atoms with E-state index in [2.05, 4.69) is 17.4 Å². The zero-order valence-electron chi connectivity index (χ0n) is 10.3. The van der Waals surface area contributed by atoms with Crippen LogP contribution < -0.4 is 5.32 Å². The van der Waals surface area contributed by atoms with E-state index in [-0.39, 0.29) is 0 Å². The predicted molar refractivity (Wildman–Crippen MR) is 71.3 cm³/mol. The van der Waals surface area contributed by atoms with Crippen LogP contribution in [0.3, 0.4) is 0 Å². The number of hydrogen-bond acceptors (Lipinski definition) is 2. The van der Waals surface area contributed by atoms with Gasteiger partial charge in [-0.05, 0) is 48.8 Å². The number of benzene rings is 1. The fourth-order valence-electron chi connectivity index (χ4n) is 2.19. The molecule has 3 heteroatoms. The predicted octanol–water partition coefficient (Wildman–Crippen LogP) is 2.90. The smallest absolute Gasteiger partial charge is 0.0453 e. The van der Waals surface area contributed by atoms with E-state index in [0.717, 1.165) is 30.1 Å². The van der Waals surface area contributed by atoms with Crippen LogP contribution in [0.2, 0.25) is 5.02 Å². The van der Waals surface area contributed by atoms with Crippen LogP contribution in [-0.4, -0.2) is 18.3 Å². The molecule has 94 valence electrons. The molecule has 1 aliphatic rings. The van der Waals surface area contributed by atoms with Crippen LogP contribution in [-0.2, 0) is 6.54 Å². The number of aryl methyl sites for hydroxylation is 1. The SMILES string of the molecule is Cc1ccc(CNCC2(CCO)CC2)c(Cl)c1. The summed E-state index contributed by atoms with van der Waals surface area (Å²) in [4.78, 5) is 0. The Balaban J connectivity index is 1.82. The van der Waals surface area contributed by atoms with E-state index in [1.54, 1.807) is 0 Å². The van der Waals surface area contributed by atoms with Gasteiger partial charge in [0, 0.05) is 24.7 Å². The standard InChI is InChI=1S/C14H20ClNO/c1-11-2-3-12(13(15)8-11)9-16-10-14(4-5-14)6-7-17/h2-3,8,16-17H,4-7,9-10H2,1H3. The van der Waals surface area contributed by atoms with E-state index in [1.165, 1.54) is 18.4 Å². The molecule has 2 rings (SSSR count). The summed E-state index contributed by atoms with van der Waals surface area (Å²) >= 11 is 6.18. The highest BCUT2D eigenvalue weighted by molar-refractivity contribution is 6.31. The van der Waals surface area contributed by atoms with Crippen molar-refractivity contribution in [1.29, 1.82) is 0 Å². The number of aliphatic hydroxyl groups excluding tert-OH is 1. The molecule has 1 fully saturated rings. The van der Waals surface area contributed by atoms with E-state index in [9.17, 15) is 0 Å². The Kier molecular flexibility index (Phi) is 4.08. The Morgan fingerprint density at radius 2 is 2.18 bits per heavy atom. The molecule has 0 saturated heterocycles. The molecular weight excluding hydrogens is 234 g/mol. The van der Waals surface area contributed by atoms with Crippen molar-refractivity contribution >= 4 is 11.6 Å². The molecule has 0 heterocycles. The first-order chi connectivity index (χ1) is 8.15. The normalized spacial score (nSPS) is 17.1. The van der Waals surface area contributed by atoms with Crippen molar-refractivity contribution in [2.75, 3.05) is 13.2 Å². The largest absolute Gasteiger partial charge is 0.396 e. The summed E-state index contributed by atoms with van der Waals surface area (Å²) < 4.78 is 0. The maximum atomic E-state index is 8.98. The number of rotatable bonds is 6. The van der Waals surface area contributed by atoms with E-state index in [1.807, 2.05) is 13.0 Å². The Hall–Kier alpha value is -0.570. The van der Waals surface area contributed by atoms with Crippen molar-refractivity contribution < 1.29 is 5.11 Å². The molecular formula is C14H20ClNO. The Morgan fingerprint density at radius 3 is 2.76 bits per heavy atom. The summed E-state index contributed by atoms with van der Waals surface area (Å²) in [6, 6.07) is 6.17. The summed E-state index contributed by atoms with van der Waals surface area (Å²) in [5, 5.41) is 13.3. The van der Waals surface area contributed by atoms with Crippen molar-refractivity contribution in [3.8, 4) is 0 Å². The highest BCUT2D eigenvalue weighted by atomic mass is 35.5. The van der Waals surface area contributed by atoms with Crippen LogP contribution in [0.1, 0.15) is 30.4 Å². The minimum atomic E-state index is 0.299. The van der Waals surface area contributed by atoms with Crippen LogP contribution in [0, 0.1) is 12.3 Å². The van der Waals surface area contributed by atoms with Crippen LogP contribution in [0.4, 0.5) is 0 Å². The molecule has 0 aromatic heterocycles. The number of aliphatic hydroxyl groups is 1. The maximum Gasteiger partial charge on any atom is 0.0453 e. The Labute approximate surface area is 108 Å². The molecule has 2 nitrogen and oxygen atoms in total. The number of halogens is 1. The Bertz CT molecular complexity index is 388. The van der Waals surface area contributed by atoms with Gasteiger partial charge >= 0.3 is 0 Å². The van der Waals surface area contributed by atoms with Gasteiger partial charge in [-0.1, -0.05) is 23.7 Å².